The van der Waals surface area contributed by atoms with Gasteiger partial charge in [0.1, 0.15) is 11.9 Å². The molecule has 0 saturated carbocycles. The van der Waals surface area contributed by atoms with Gasteiger partial charge in [-0.15, -0.1) is 6.58 Å². The van der Waals surface area contributed by atoms with Crippen LogP contribution in [-0.2, 0) is 27.3 Å². The van der Waals surface area contributed by atoms with Crippen molar-refractivity contribution in [2.24, 2.45) is 0 Å². The molecule has 3 aromatic rings. The predicted molar refractivity (Wildman–Crippen MR) is 151 cm³/mol. The summed E-state index contributed by atoms with van der Waals surface area (Å²) in [6.07, 6.45) is 8.35. The number of nitrogens with one attached hydrogen (secondary N) is 2. The molecule has 2 aromatic heterocycles. The molecule has 1 amide bonds. The van der Waals surface area contributed by atoms with Crippen LogP contribution < -0.4 is 10.6 Å². The third kappa shape index (κ3) is 10.6. The Labute approximate surface area is 230 Å². The first-order valence-corrected chi connectivity index (χ1v) is 12.9. The summed E-state index contributed by atoms with van der Waals surface area (Å²) in [6, 6.07) is 9.85. The number of nitrogens with zero attached hydrogens (tertiary/aromatic N) is 5. The van der Waals surface area contributed by atoms with Crippen molar-refractivity contribution in [2.45, 2.75) is 52.7 Å². The highest BCUT2D eigenvalue weighted by atomic mass is 16.6. The fourth-order valence-electron chi connectivity index (χ4n) is 3.86. The average molecular weight is 532 g/mol. The number of esters is 1. The molecule has 0 spiro atoms. The van der Waals surface area contributed by atoms with Gasteiger partial charge in [0.05, 0.1) is 6.54 Å². The third-order valence-corrected chi connectivity index (χ3v) is 5.39. The first-order valence-electron chi connectivity index (χ1n) is 12.9. The van der Waals surface area contributed by atoms with Crippen LogP contribution in [0.5, 0.6) is 0 Å². The van der Waals surface area contributed by atoms with Gasteiger partial charge in [0.15, 0.2) is 5.82 Å². The number of hydrogen-bond acceptors (Lipinski definition) is 9. The molecule has 206 valence electrons. The molecule has 0 aliphatic rings. The fraction of sp³-hybridized carbons (Fsp3) is 0.379. The zero-order chi connectivity index (χ0) is 28.3. The van der Waals surface area contributed by atoms with E-state index in [0.717, 1.165) is 35.2 Å². The summed E-state index contributed by atoms with van der Waals surface area (Å²) in [5.41, 5.74) is 3.11. The molecule has 0 aliphatic heterocycles. The highest BCUT2D eigenvalue weighted by Gasteiger charge is 2.19. The first-order chi connectivity index (χ1) is 18.6. The minimum atomic E-state index is -0.532. The molecular weight excluding hydrogens is 494 g/mol. The van der Waals surface area contributed by atoms with Gasteiger partial charge in [-0.25, -0.2) is 9.97 Å². The minimum absolute atomic E-state index is 0.0347. The molecule has 2 N–H and O–H groups in total. The van der Waals surface area contributed by atoms with Crippen LogP contribution in [0.25, 0.3) is 11.4 Å². The smallest absolute Gasteiger partial charge is 0.320 e. The Balaban J connectivity index is 1.66. The number of amides is 1. The Morgan fingerprint density at radius 2 is 1.95 bits per heavy atom. The molecule has 10 heteroatoms. The number of anilines is 2. The lowest BCUT2D eigenvalue weighted by molar-refractivity contribution is -0.156. The topological polar surface area (TPSA) is 122 Å². The van der Waals surface area contributed by atoms with E-state index >= 15 is 0 Å². The normalized spacial score (nSPS) is 11.2. The molecule has 0 atom stereocenters. The largest absolute Gasteiger partial charge is 0.459 e. The van der Waals surface area contributed by atoms with Crippen LogP contribution in [-0.4, -0.2) is 61.9 Å². The Morgan fingerprint density at radius 3 is 2.69 bits per heavy atom. The highest BCUT2D eigenvalue weighted by molar-refractivity contribution is 5.72. The van der Waals surface area contributed by atoms with Gasteiger partial charge in [-0.3, -0.25) is 19.5 Å². The van der Waals surface area contributed by atoms with E-state index in [1.165, 1.54) is 13.3 Å². The van der Waals surface area contributed by atoms with Crippen LogP contribution in [0.3, 0.4) is 0 Å². The van der Waals surface area contributed by atoms with E-state index in [1.807, 2.05) is 62.2 Å². The van der Waals surface area contributed by atoms with Crippen LogP contribution in [0.1, 0.15) is 45.2 Å². The zero-order valence-corrected chi connectivity index (χ0v) is 23.1. The molecule has 0 saturated heterocycles. The van der Waals surface area contributed by atoms with Gasteiger partial charge < -0.3 is 15.4 Å². The second-order valence-electron chi connectivity index (χ2n) is 10.2. The van der Waals surface area contributed by atoms with E-state index in [-0.39, 0.29) is 18.4 Å². The van der Waals surface area contributed by atoms with E-state index in [1.54, 1.807) is 12.3 Å². The number of benzene rings is 1. The van der Waals surface area contributed by atoms with E-state index < -0.39 is 5.60 Å². The van der Waals surface area contributed by atoms with Crippen molar-refractivity contribution in [3.05, 3.63) is 72.8 Å². The predicted octanol–water partition coefficient (Wildman–Crippen LogP) is 4.08. The molecular formula is C29H37N7O3. The quantitative estimate of drug-likeness (QED) is 0.191. The summed E-state index contributed by atoms with van der Waals surface area (Å²) in [4.78, 5) is 42.9. The van der Waals surface area contributed by atoms with Gasteiger partial charge >= 0.3 is 5.97 Å². The lowest BCUT2D eigenvalue weighted by Gasteiger charge is -2.24. The van der Waals surface area contributed by atoms with Crippen molar-refractivity contribution in [1.29, 1.82) is 0 Å². The minimum Gasteiger partial charge on any atom is -0.459 e. The molecule has 0 fully saturated rings. The van der Waals surface area contributed by atoms with Gasteiger partial charge in [0.2, 0.25) is 11.9 Å². The summed E-state index contributed by atoms with van der Waals surface area (Å²) < 4.78 is 5.47. The lowest BCUT2D eigenvalue weighted by atomic mass is 10.1. The summed E-state index contributed by atoms with van der Waals surface area (Å²) in [6.45, 7) is 12.8. The molecule has 1 aromatic carbocycles. The number of hydrogen-bond donors (Lipinski definition) is 2. The summed E-state index contributed by atoms with van der Waals surface area (Å²) in [7, 11) is 0. The van der Waals surface area contributed by atoms with Crippen molar-refractivity contribution in [3.8, 4) is 11.4 Å². The van der Waals surface area contributed by atoms with Crippen LogP contribution in [0.4, 0.5) is 11.6 Å². The number of ether oxygens (including phenoxy) is 1. The number of rotatable bonds is 13. The van der Waals surface area contributed by atoms with E-state index in [2.05, 4.69) is 37.1 Å². The second-order valence-corrected chi connectivity index (χ2v) is 10.2. The monoisotopic (exact) mass is 531 g/mol. The van der Waals surface area contributed by atoms with Crippen molar-refractivity contribution < 1.29 is 14.3 Å². The van der Waals surface area contributed by atoms with Crippen molar-refractivity contribution in [3.63, 3.8) is 0 Å². The number of carbonyl (C=O) groups excluding carboxylic acids is 2. The van der Waals surface area contributed by atoms with Crippen molar-refractivity contribution in [1.82, 2.24) is 30.2 Å². The standard InChI is InChI=1S/C29H37N7O3/c1-6-13-36(19-26(38)39-29(3,4)5)18-23-9-7-11-25(15-23)34-28-33-20-32-27(35-28)24-14-22(16-30-17-24)10-8-12-31-21(2)37/h6-7,9,11,14-17,20H,1,8,10,12-13,18-19H2,2-5H3,(H,31,37)(H,32,33,34,35). The third-order valence-electron chi connectivity index (χ3n) is 5.39. The fourth-order valence-corrected chi connectivity index (χ4v) is 3.86. The molecule has 0 bridgehead atoms. The van der Waals surface area contributed by atoms with Crippen molar-refractivity contribution >= 4 is 23.5 Å². The molecule has 0 aliphatic carbocycles. The maximum Gasteiger partial charge on any atom is 0.320 e. The maximum absolute atomic E-state index is 12.3. The Bertz CT molecular complexity index is 1270. The molecule has 39 heavy (non-hydrogen) atoms. The van der Waals surface area contributed by atoms with E-state index in [4.69, 9.17) is 4.74 Å². The SMILES string of the molecule is C=CCN(CC(=O)OC(C)(C)C)Cc1cccc(Nc2ncnc(-c3cncc(CCCNC(C)=O)c3)n2)c1. The first kappa shape index (κ1) is 29.4. The second kappa shape index (κ2) is 14.1. The van der Waals surface area contributed by atoms with E-state index in [0.29, 0.717) is 31.4 Å². The molecule has 3 rings (SSSR count). The number of pyridine rings is 1. The molecule has 0 radical (unpaired) electrons. The van der Waals surface area contributed by atoms with Gasteiger partial charge in [-0.05, 0) is 62.9 Å². The number of carbonyl (C=O) groups is 2. The van der Waals surface area contributed by atoms with Gasteiger partial charge in [0, 0.05) is 50.2 Å². The van der Waals surface area contributed by atoms with Crippen LogP contribution in [0.15, 0.2) is 61.7 Å². The van der Waals surface area contributed by atoms with Gasteiger partial charge in [-0.1, -0.05) is 18.2 Å². The zero-order valence-electron chi connectivity index (χ0n) is 23.1. The lowest BCUT2D eigenvalue weighted by Crippen LogP contribution is -2.34. The molecule has 0 unspecified atom stereocenters. The highest BCUT2D eigenvalue weighted by Crippen LogP contribution is 2.20. The Morgan fingerprint density at radius 1 is 1.13 bits per heavy atom. The summed E-state index contributed by atoms with van der Waals surface area (Å²) in [5, 5.41) is 6.05. The molecule has 10 nitrogen and oxygen atoms in total. The van der Waals surface area contributed by atoms with Crippen molar-refractivity contribution in [2.75, 3.05) is 25.0 Å². The summed E-state index contributed by atoms with van der Waals surface area (Å²) >= 11 is 0. The van der Waals surface area contributed by atoms with Gasteiger partial charge in [-0.2, -0.15) is 4.98 Å². The van der Waals surface area contributed by atoms with Crippen LogP contribution >= 0.6 is 0 Å². The number of aryl methyl sites for hydroxylation is 1. The summed E-state index contributed by atoms with van der Waals surface area (Å²) in [5.74, 6) is 0.606. The number of aromatic nitrogens is 4. The van der Waals surface area contributed by atoms with Crippen LogP contribution in [0, 0.1) is 0 Å². The maximum atomic E-state index is 12.3. The van der Waals surface area contributed by atoms with E-state index in [9.17, 15) is 9.59 Å². The van der Waals surface area contributed by atoms with Gasteiger partial charge in [0.25, 0.3) is 0 Å². The molecule has 2 heterocycles. The van der Waals surface area contributed by atoms with Crippen LogP contribution in [0.2, 0.25) is 0 Å². The Kier molecular flexibility index (Phi) is 10.6. The Hall–Kier alpha value is -4.18. The average Bonchev–Trinajstić information content (AvgIpc) is 2.86.